The number of hydrogen-bond donors (Lipinski definition) is 1. The summed E-state index contributed by atoms with van der Waals surface area (Å²) in [4.78, 5) is 11.4. The van der Waals surface area contributed by atoms with Crippen LogP contribution < -0.4 is 5.32 Å². The fourth-order valence-electron chi connectivity index (χ4n) is 2.80. The maximum Gasteiger partial charge on any atom is 0.219 e. The van der Waals surface area contributed by atoms with Crippen molar-refractivity contribution in [2.45, 2.75) is 71.8 Å². The van der Waals surface area contributed by atoms with E-state index >= 15 is 0 Å². The average Bonchev–Trinajstić information content (AvgIpc) is 2.29. The van der Waals surface area contributed by atoms with Crippen molar-refractivity contribution in [1.82, 2.24) is 5.32 Å². The highest BCUT2D eigenvalue weighted by atomic mass is 16.1. The second-order valence-corrected chi connectivity index (χ2v) is 4.92. The summed E-state index contributed by atoms with van der Waals surface area (Å²) >= 11 is 0. The van der Waals surface area contributed by atoms with Gasteiger partial charge in [-0.25, -0.2) is 0 Å². The zero-order valence-electron chi connectivity index (χ0n) is 10.4. The van der Waals surface area contributed by atoms with E-state index in [2.05, 4.69) is 19.2 Å². The summed E-state index contributed by atoms with van der Waals surface area (Å²) in [6, 6.07) is 0.436. The summed E-state index contributed by atoms with van der Waals surface area (Å²) in [6.45, 7) is 6.49. The van der Waals surface area contributed by atoms with Crippen LogP contribution in [0.5, 0.6) is 0 Å². The van der Waals surface area contributed by atoms with E-state index in [-0.39, 0.29) is 5.91 Å². The molecule has 1 atom stereocenters. The van der Waals surface area contributed by atoms with Crippen LogP contribution >= 0.6 is 0 Å². The van der Waals surface area contributed by atoms with E-state index in [0.29, 0.717) is 17.9 Å². The Morgan fingerprint density at radius 3 is 2.53 bits per heavy atom. The second kappa shape index (κ2) is 5.53. The molecule has 0 aromatic rings. The van der Waals surface area contributed by atoms with Crippen molar-refractivity contribution in [3.63, 3.8) is 0 Å². The highest BCUT2D eigenvalue weighted by Gasteiger charge is 2.33. The van der Waals surface area contributed by atoms with Gasteiger partial charge >= 0.3 is 0 Å². The van der Waals surface area contributed by atoms with Gasteiger partial charge in [-0.2, -0.15) is 0 Å². The van der Waals surface area contributed by atoms with Gasteiger partial charge in [0.25, 0.3) is 0 Å². The van der Waals surface area contributed by atoms with Gasteiger partial charge in [-0.3, -0.25) is 4.79 Å². The van der Waals surface area contributed by atoms with E-state index in [9.17, 15) is 4.79 Å². The third-order valence-electron chi connectivity index (χ3n) is 4.13. The molecule has 1 N–H and O–H groups in total. The molecule has 0 aromatic carbocycles. The van der Waals surface area contributed by atoms with Crippen LogP contribution in [0.15, 0.2) is 0 Å². The monoisotopic (exact) mass is 211 g/mol. The normalized spacial score (nSPS) is 24.9. The zero-order chi connectivity index (χ0) is 11.3. The summed E-state index contributed by atoms with van der Waals surface area (Å²) in [5.41, 5.74) is 0.504. The number of carbonyl (C=O) groups is 1. The van der Waals surface area contributed by atoms with Crippen LogP contribution in [0.3, 0.4) is 0 Å². The first kappa shape index (κ1) is 12.5. The summed E-state index contributed by atoms with van der Waals surface area (Å²) in [5, 5.41) is 3.15. The van der Waals surface area contributed by atoms with E-state index in [4.69, 9.17) is 0 Å². The lowest BCUT2D eigenvalue weighted by molar-refractivity contribution is -0.122. The predicted octanol–water partition coefficient (Wildman–Crippen LogP) is 3.26. The van der Waals surface area contributed by atoms with Crippen LogP contribution in [0.1, 0.15) is 65.7 Å². The Bertz CT molecular complexity index is 209. The van der Waals surface area contributed by atoms with Crippen molar-refractivity contribution in [2.75, 3.05) is 0 Å². The maximum atomic E-state index is 11.4. The number of hydrogen-bond acceptors (Lipinski definition) is 1. The smallest absolute Gasteiger partial charge is 0.219 e. The van der Waals surface area contributed by atoms with Crippen LogP contribution in [0.25, 0.3) is 0 Å². The molecule has 1 fully saturated rings. The molecule has 1 rings (SSSR count). The Balaban J connectivity index is 2.51. The van der Waals surface area contributed by atoms with Crippen LogP contribution in [0.2, 0.25) is 0 Å². The van der Waals surface area contributed by atoms with Crippen LogP contribution in [-0.4, -0.2) is 11.9 Å². The van der Waals surface area contributed by atoms with Crippen molar-refractivity contribution < 1.29 is 4.79 Å². The van der Waals surface area contributed by atoms with Gasteiger partial charge in [0.05, 0.1) is 0 Å². The average molecular weight is 211 g/mol. The molecule has 0 radical (unpaired) electrons. The maximum absolute atomic E-state index is 11.4. The quantitative estimate of drug-likeness (QED) is 0.759. The Labute approximate surface area is 93.8 Å². The van der Waals surface area contributed by atoms with Gasteiger partial charge < -0.3 is 5.32 Å². The van der Waals surface area contributed by atoms with Gasteiger partial charge in [0.2, 0.25) is 5.91 Å². The number of carbonyl (C=O) groups excluding carboxylic acids is 1. The molecule has 0 heterocycles. The molecule has 2 nitrogen and oxygen atoms in total. The number of nitrogens with one attached hydrogen (secondary N) is 1. The zero-order valence-corrected chi connectivity index (χ0v) is 10.4. The third kappa shape index (κ3) is 3.22. The Kier molecular flexibility index (Phi) is 4.62. The van der Waals surface area contributed by atoms with E-state index < -0.39 is 0 Å². The van der Waals surface area contributed by atoms with Crippen molar-refractivity contribution >= 4 is 5.91 Å². The van der Waals surface area contributed by atoms with E-state index in [1.165, 1.54) is 38.5 Å². The van der Waals surface area contributed by atoms with E-state index in [0.717, 1.165) is 0 Å². The van der Waals surface area contributed by atoms with Gasteiger partial charge in [0, 0.05) is 12.5 Å². The molecule has 1 amide bonds. The molecule has 2 heteroatoms. The molecule has 0 spiro atoms. The SMILES string of the molecule is CCC(=O)NC1CCCC(CC)(CC)C1. The Hall–Kier alpha value is -0.530. The molecule has 0 saturated heterocycles. The van der Waals surface area contributed by atoms with Crippen LogP contribution in [-0.2, 0) is 4.79 Å². The van der Waals surface area contributed by atoms with E-state index in [1.807, 2.05) is 6.92 Å². The summed E-state index contributed by atoms with van der Waals surface area (Å²) < 4.78 is 0. The van der Waals surface area contributed by atoms with Crippen molar-refractivity contribution in [3.8, 4) is 0 Å². The van der Waals surface area contributed by atoms with Gasteiger partial charge in [0.1, 0.15) is 0 Å². The fraction of sp³-hybridized carbons (Fsp3) is 0.923. The highest BCUT2D eigenvalue weighted by Crippen LogP contribution is 2.41. The van der Waals surface area contributed by atoms with E-state index in [1.54, 1.807) is 0 Å². The number of rotatable bonds is 4. The van der Waals surface area contributed by atoms with Crippen LogP contribution in [0.4, 0.5) is 0 Å². The van der Waals surface area contributed by atoms with Crippen molar-refractivity contribution in [3.05, 3.63) is 0 Å². The lowest BCUT2D eigenvalue weighted by atomic mass is 9.69. The first-order valence-electron chi connectivity index (χ1n) is 6.45. The minimum absolute atomic E-state index is 0.211. The molecular weight excluding hydrogens is 186 g/mol. The summed E-state index contributed by atoms with van der Waals surface area (Å²) in [5.74, 6) is 0.211. The molecule has 0 aliphatic heterocycles. The number of amides is 1. The molecule has 0 bridgehead atoms. The lowest BCUT2D eigenvalue weighted by Gasteiger charge is -2.40. The van der Waals surface area contributed by atoms with Gasteiger partial charge in [-0.1, -0.05) is 40.0 Å². The van der Waals surface area contributed by atoms with Crippen LogP contribution in [0, 0.1) is 5.41 Å². The first-order chi connectivity index (χ1) is 7.15. The summed E-state index contributed by atoms with van der Waals surface area (Å²) in [7, 11) is 0. The van der Waals surface area contributed by atoms with Crippen molar-refractivity contribution in [2.24, 2.45) is 5.41 Å². The second-order valence-electron chi connectivity index (χ2n) is 4.92. The molecule has 1 aliphatic carbocycles. The topological polar surface area (TPSA) is 29.1 Å². The minimum Gasteiger partial charge on any atom is -0.353 e. The fourth-order valence-corrected chi connectivity index (χ4v) is 2.80. The van der Waals surface area contributed by atoms with Gasteiger partial charge in [-0.15, -0.1) is 0 Å². The highest BCUT2D eigenvalue weighted by molar-refractivity contribution is 5.75. The summed E-state index contributed by atoms with van der Waals surface area (Å²) in [6.07, 6.45) is 8.10. The largest absolute Gasteiger partial charge is 0.353 e. The molecule has 15 heavy (non-hydrogen) atoms. The molecular formula is C13H25NO. The molecule has 0 aromatic heterocycles. The molecule has 88 valence electrons. The van der Waals surface area contributed by atoms with Crippen molar-refractivity contribution in [1.29, 1.82) is 0 Å². The lowest BCUT2D eigenvalue weighted by Crippen LogP contribution is -2.41. The molecule has 1 saturated carbocycles. The standard InChI is InChI=1S/C13H25NO/c1-4-12(15)14-11-8-7-9-13(5-2,6-3)10-11/h11H,4-10H2,1-3H3,(H,14,15). The minimum atomic E-state index is 0.211. The predicted molar refractivity (Wildman–Crippen MR) is 63.7 cm³/mol. The van der Waals surface area contributed by atoms with Gasteiger partial charge in [0.15, 0.2) is 0 Å². The van der Waals surface area contributed by atoms with Gasteiger partial charge in [-0.05, 0) is 24.7 Å². The first-order valence-corrected chi connectivity index (χ1v) is 6.45. The molecule has 1 aliphatic rings. The third-order valence-corrected chi connectivity index (χ3v) is 4.13. The molecule has 1 unspecified atom stereocenters. The Morgan fingerprint density at radius 2 is 2.00 bits per heavy atom. The Morgan fingerprint density at radius 1 is 1.33 bits per heavy atom.